The van der Waals surface area contributed by atoms with E-state index < -0.39 is 0 Å². The summed E-state index contributed by atoms with van der Waals surface area (Å²) < 4.78 is 0. The van der Waals surface area contributed by atoms with Gasteiger partial charge in [-0.05, 0) is 31.0 Å². The molecule has 1 aromatic rings. The van der Waals surface area contributed by atoms with E-state index in [0.717, 1.165) is 19.5 Å². The van der Waals surface area contributed by atoms with Gasteiger partial charge in [-0.2, -0.15) is 0 Å². The van der Waals surface area contributed by atoms with E-state index in [9.17, 15) is 0 Å². The lowest BCUT2D eigenvalue weighted by Gasteiger charge is -2.08. The molecule has 74 valence electrons. The van der Waals surface area contributed by atoms with Crippen molar-refractivity contribution in [1.82, 2.24) is 0 Å². The Hall–Kier alpha value is -0.570. The van der Waals surface area contributed by atoms with Gasteiger partial charge in [-0.1, -0.05) is 18.2 Å². The zero-order chi connectivity index (χ0) is 8.97. The molecular formula is C10H17ClN2. The molecule has 0 aliphatic rings. The summed E-state index contributed by atoms with van der Waals surface area (Å²) in [6, 6.07) is 6.34. The predicted molar refractivity (Wildman–Crippen MR) is 50.5 cm³/mol. The van der Waals surface area contributed by atoms with Gasteiger partial charge in [0.05, 0.1) is 6.54 Å². The highest BCUT2D eigenvalue weighted by Gasteiger charge is 2.03. The molecule has 0 atom stereocenters. The second kappa shape index (κ2) is 5.97. The number of quaternary nitrogens is 1. The van der Waals surface area contributed by atoms with Crippen molar-refractivity contribution in [2.45, 2.75) is 19.9 Å². The lowest BCUT2D eigenvalue weighted by Crippen LogP contribution is -3.00. The predicted octanol–water partition coefficient (Wildman–Crippen LogP) is -2.76. The van der Waals surface area contributed by atoms with E-state index >= 15 is 0 Å². The maximum absolute atomic E-state index is 5.53. The van der Waals surface area contributed by atoms with Crippen molar-refractivity contribution in [3.63, 3.8) is 0 Å². The van der Waals surface area contributed by atoms with E-state index in [1.807, 2.05) is 0 Å². The SMILES string of the molecule is Cc1cccc(C[NH3+])c1CCN.[Cl-]. The van der Waals surface area contributed by atoms with Crippen molar-refractivity contribution in [3.8, 4) is 0 Å². The van der Waals surface area contributed by atoms with Crippen LogP contribution in [0.1, 0.15) is 16.7 Å². The van der Waals surface area contributed by atoms with Crippen LogP contribution < -0.4 is 23.9 Å². The molecule has 0 radical (unpaired) electrons. The van der Waals surface area contributed by atoms with Gasteiger partial charge in [-0.25, -0.2) is 0 Å². The summed E-state index contributed by atoms with van der Waals surface area (Å²) in [6.45, 7) is 3.71. The second-order valence-corrected chi connectivity index (χ2v) is 3.00. The van der Waals surface area contributed by atoms with Crippen molar-refractivity contribution in [1.29, 1.82) is 0 Å². The first-order valence-corrected chi connectivity index (χ1v) is 4.36. The quantitative estimate of drug-likeness (QED) is 0.546. The molecule has 1 aromatic carbocycles. The Balaban J connectivity index is 0.00000144. The minimum atomic E-state index is 0. The lowest BCUT2D eigenvalue weighted by molar-refractivity contribution is -0.386. The number of halogens is 1. The third-order valence-electron chi connectivity index (χ3n) is 2.17. The second-order valence-electron chi connectivity index (χ2n) is 3.00. The molecule has 3 heteroatoms. The smallest absolute Gasteiger partial charge is 0.1000 e. The van der Waals surface area contributed by atoms with E-state index in [2.05, 4.69) is 30.9 Å². The first kappa shape index (κ1) is 12.4. The Morgan fingerprint density at radius 1 is 1.38 bits per heavy atom. The van der Waals surface area contributed by atoms with Crippen molar-refractivity contribution in [3.05, 3.63) is 34.9 Å². The summed E-state index contributed by atoms with van der Waals surface area (Å²) in [5.74, 6) is 0. The van der Waals surface area contributed by atoms with Crippen LogP contribution in [0.4, 0.5) is 0 Å². The van der Waals surface area contributed by atoms with Crippen LogP contribution in [0.3, 0.4) is 0 Å². The monoisotopic (exact) mass is 200 g/mol. The summed E-state index contributed by atoms with van der Waals surface area (Å²) in [5.41, 5.74) is 13.5. The van der Waals surface area contributed by atoms with Crippen molar-refractivity contribution in [2.75, 3.05) is 6.54 Å². The average molecular weight is 201 g/mol. The molecule has 0 saturated carbocycles. The van der Waals surface area contributed by atoms with E-state index in [1.54, 1.807) is 0 Å². The molecule has 13 heavy (non-hydrogen) atoms. The van der Waals surface area contributed by atoms with Gasteiger partial charge in [-0.15, -0.1) is 0 Å². The summed E-state index contributed by atoms with van der Waals surface area (Å²) >= 11 is 0. The molecule has 0 aliphatic heterocycles. The Labute approximate surface area is 85.7 Å². The van der Waals surface area contributed by atoms with E-state index in [4.69, 9.17) is 5.73 Å². The van der Waals surface area contributed by atoms with Crippen LogP contribution in [0, 0.1) is 6.92 Å². The fourth-order valence-electron chi connectivity index (χ4n) is 1.50. The first-order valence-electron chi connectivity index (χ1n) is 4.36. The Morgan fingerprint density at radius 3 is 2.62 bits per heavy atom. The standard InChI is InChI=1S/C10H16N2.ClH/c1-8-3-2-4-9(7-12)10(8)5-6-11;/h2-4H,5-7,11-12H2,1H3;1H. The molecule has 0 aromatic heterocycles. The molecule has 0 fully saturated rings. The van der Waals surface area contributed by atoms with Gasteiger partial charge < -0.3 is 23.9 Å². The fraction of sp³-hybridized carbons (Fsp3) is 0.400. The molecule has 0 amide bonds. The number of benzene rings is 1. The van der Waals surface area contributed by atoms with E-state index in [0.29, 0.717) is 0 Å². The topological polar surface area (TPSA) is 53.7 Å². The van der Waals surface area contributed by atoms with Crippen LogP contribution in [0.5, 0.6) is 0 Å². The molecule has 0 heterocycles. The summed E-state index contributed by atoms with van der Waals surface area (Å²) in [5, 5.41) is 0. The van der Waals surface area contributed by atoms with Crippen LogP contribution in [0.2, 0.25) is 0 Å². The van der Waals surface area contributed by atoms with E-state index in [-0.39, 0.29) is 12.4 Å². The first-order chi connectivity index (χ1) is 5.79. The number of nitrogens with two attached hydrogens (primary N) is 1. The van der Waals surface area contributed by atoms with Crippen LogP contribution in [-0.4, -0.2) is 6.54 Å². The van der Waals surface area contributed by atoms with Crippen LogP contribution >= 0.6 is 0 Å². The number of hydrogen-bond donors (Lipinski definition) is 2. The zero-order valence-corrected chi connectivity index (χ0v) is 8.77. The maximum Gasteiger partial charge on any atom is 0.1000 e. The van der Waals surface area contributed by atoms with Gasteiger partial charge in [0.15, 0.2) is 0 Å². The highest BCUT2D eigenvalue weighted by Crippen LogP contribution is 2.13. The van der Waals surface area contributed by atoms with Crippen LogP contribution in [0.25, 0.3) is 0 Å². The van der Waals surface area contributed by atoms with Crippen LogP contribution in [0.15, 0.2) is 18.2 Å². The Morgan fingerprint density at radius 2 is 2.08 bits per heavy atom. The maximum atomic E-state index is 5.53. The number of aryl methyl sites for hydroxylation is 1. The molecule has 0 bridgehead atoms. The minimum absolute atomic E-state index is 0. The largest absolute Gasteiger partial charge is 1.00 e. The number of hydrogen-bond acceptors (Lipinski definition) is 1. The zero-order valence-electron chi connectivity index (χ0n) is 8.02. The van der Waals surface area contributed by atoms with Gasteiger partial charge in [0.1, 0.15) is 0 Å². The third kappa shape index (κ3) is 2.99. The Kier molecular flexibility index (Phi) is 5.71. The van der Waals surface area contributed by atoms with Gasteiger partial charge in [0.2, 0.25) is 0 Å². The van der Waals surface area contributed by atoms with Gasteiger partial charge in [0, 0.05) is 5.56 Å². The van der Waals surface area contributed by atoms with Crippen molar-refractivity contribution < 1.29 is 18.1 Å². The average Bonchev–Trinajstić information content (AvgIpc) is 2.09. The highest BCUT2D eigenvalue weighted by molar-refractivity contribution is 5.34. The molecule has 2 nitrogen and oxygen atoms in total. The summed E-state index contributed by atoms with van der Waals surface area (Å²) in [7, 11) is 0. The molecule has 0 spiro atoms. The molecule has 0 unspecified atom stereocenters. The third-order valence-corrected chi connectivity index (χ3v) is 2.17. The van der Waals surface area contributed by atoms with Crippen molar-refractivity contribution in [2.24, 2.45) is 5.73 Å². The van der Waals surface area contributed by atoms with Gasteiger partial charge in [-0.3, -0.25) is 0 Å². The molecule has 5 N–H and O–H groups in total. The normalized spacial score (nSPS) is 9.46. The fourth-order valence-corrected chi connectivity index (χ4v) is 1.50. The minimum Gasteiger partial charge on any atom is -1.00 e. The molecule has 1 rings (SSSR count). The molecular weight excluding hydrogens is 184 g/mol. The van der Waals surface area contributed by atoms with Gasteiger partial charge in [0.25, 0.3) is 0 Å². The van der Waals surface area contributed by atoms with E-state index in [1.165, 1.54) is 16.7 Å². The highest BCUT2D eigenvalue weighted by atomic mass is 35.5. The Bertz CT molecular complexity index is 261. The van der Waals surface area contributed by atoms with Gasteiger partial charge >= 0.3 is 0 Å². The van der Waals surface area contributed by atoms with Crippen molar-refractivity contribution >= 4 is 0 Å². The molecule has 0 aliphatic carbocycles. The summed E-state index contributed by atoms with van der Waals surface area (Å²) in [4.78, 5) is 0. The van der Waals surface area contributed by atoms with Crippen LogP contribution in [-0.2, 0) is 13.0 Å². The molecule has 0 saturated heterocycles. The number of rotatable bonds is 3. The summed E-state index contributed by atoms with van der Waals surface area (Å²) in [6.07, 6.45) is 0.970. The lowest BCUT2D eigenvalue weighted by atomic mass is 9.99.